The molecule has 0 aliphatic carbocycles. The maximum absolute atomic E-state index is 13.1. The van der Waals surface area contributed by atoms with Crippen LogP contribution in [0.4, 0.5) is 0 Å². The summed E-state index contributed by atoms with van der Waals surface area (Å²) in [5.41, 5.74) is 1.77. The van der Waals surface area contributed by atoms with Crippen molar-refractivity contribution in [3.63, 3.8) is 0 Å². The Labute approximate surface area is 155 Å². The minimum Gasteiger partial charge on any atom is -0.469 e. The van der Waals surface area contributed by atoms with E-state index in [1.54, 1.807) is 10.4 Å². The van der Waals surface area contributed by atoms with E-state index in [1.165, 1.54) is 18.4 Å². The van der Waals surface area contributed by atoms with Crippen LogP contribution in [-0.2, 0) is 25.5 Å². The van der Waals surface area contributed by atoms with E-state index in [4.69, 9.17) is 0 Å². The number of aromatic nitrogens is 1. The number of fused-ring (bicyclic) bond motifs is 2. The number of carbonyl (C=O) groups is 3. The Kier molecular flexibility index (Phi) is 5.57. The van der Waals surface area contributed by atoms with E-state index in [2.05, 4.69) is 15.0 Å². The van der Waals surface area contributed by atoms with Crippen LogP contribution in [0.2, 0.25) is 0 Å². The van der Waals surface area contributed by atoms with Gasteiger partial charge in [-0.15, -0.1) is 11.3 Å². The van der Waals surface area contributed by atoms with Gasteiger partial charge in [-0.05, 0) is 19.3 Å². The van der Waals surface area contributed by atoms with E-state index < -0.39 is 12.0 Å². The van der Waals surface area contributed by atoms with Crippen LogP contribution >= 0.6 is 11.3 Å². The third-order valence-corrected chi connectivity index (χ3v) is 6.07. The first-order chi connectivity index (χ1) is 12.5. The van der Waals surface area contributed by atoms with Gasteiger partial charge < -0.3 is 20.1 Å². The Morgan fingerprint density at radius 1 is 1.46 bits per heavy atom. The highest BCUT2D eigenvalue weighted by molar-refractivity contribution is 7.07. The molecule has 1 aromatic heterocycles. The van der Waals surface area contributed by atoms with Crippen LogP contribution in [0, 0.1) is 5.41 Å². The molecule has 0 saturated carbocycles. The van der Waals surface area contributed by atoms with Gasteiger partial charge in [-0.25, -0.2) is 4.98 Å². The average Bonchev–Trinajstić information content (AvgIpc) is 3.36. The van der Waals surface area contributed by atoms with Gasteiger partial charge in [-0.1, -0.05) is 0 Å². The van der Waals surface area contributed by atoms with Crippen LogP contribution in [0.25, 0.3) is 0 Å². The predicted molar refractivity (Wildman–Crippen MR) is 93.3 cm³/mol. The molecular formula is C17H23N3O5S. The van der Waals surface area contributed by atoms with Crippen molar-refractivity contribution in [2.45, 2.75) is 44.2 Å². The average molecular weight is 381 g/mol. The molecule has 2 aliphatic rings. The Balaban J connectivity index is 1.81. The van der Waals surface area contributed by atoms with Crippen molar-refractivity contribution in [3.8, 4) is 0 Å². The third kappa shape index (κ3) is 3.33. The second-order valence-electron chi connectivity index (χ2n) is 6.80. The zero-order valence-corrected chi connectivity index (χ0v) is 15.5. The van der Waals surface area contributed by atoms with E-state index in [0.29, 0.717) is 12.8 Å². The highest BCUT2D eigenvalue weighted by atomic mass is 32.1. The molecule has 0 aromatic carbocycles. The minimum atomic E-state index is -0.780. The number of methoxy groups -OCH3 is 1. The lowest BCUT2D eigenvalue weighted by Crippen LogP contribution is -2.51. The topological polar surface area (TPSA) is 109 Å². The van der Waals surface area contributed by atoms with Crippen molar-refractivity contribution in [3.05, 3.63) is 16.6 Å². The lowest BCUT2D eigenvalue weighted by molar-refractivity contribution is -0.140. The van der Waals surface area contributed by atoms with Crippen LogP contribution < -0.4 is 5.32 Å². The van der Waals surface area contributed by atoms with Crippen molar-refractivity contribution in [1.29, 1.82) is 0 Å². The normalized spacial score (nSPS) is 26.8. The summed E-state index contributed by atoms with van der Waals surface area (Å²) in [7, 11) is 1.31. The minimum absolute atomic E-state index is 0.0374. The van der Waals surface area contributed by atoms with Gasteiger partial charge in [0.25, 0.3) is 0 Å². The zero-order valence-electron chi connectivity index (χ0n) is 14.6. The molecule has 0 radical (unpaired) electrons. The van der Waals surface area contributed by atoms with E-state index in [-0.39, 0.29) is 42.8 Å². The molecule has 0 unspecified atom stereocenters. The third-order valence-electron chi connectivity index (χ3n) is 5.44. The Morgan fingerprint density at radius 3 is 2.92 bits per heavy atom. The highest BCUT2D eigenvalue weighted by Crippen LogP contribution is 2.51. The molecule has 3 rings (SSSR count). The number of nitrogens with one attached hydrogen (secondary N) is 1. The summed E-state index contributed by atoms with van der Waals surface area (Å²) in [6.07, 6.45) is 2.65. The molecule has 2 N–H and O–H groups in total. The predicted octanol–water partition coefficient (Wildman–Crippen LogP) is 0.107. The Bertz CT molecular complexity index is 680. The zero-order chi connectivity index (χ0) is 18.7. The molecule has 0 spiro atoms. The number of ether oxygens (including phenoxy) is 1. The van der Waals surface area contributed by atoms with Crippen molar-refractivity contribution in [2.75, 3.05) is 20.3 Å². The first-order valence-corrected chi connectivity index (χ1v) is 9.60. The van der Waals surface area contributed by atoms with Crippen LogP contribution in [0.1, 0.15) is 31.4 Å². The summed E-state index contributed by atoms with van der Waals surface area (Å²) < 4.78 is 4.60. The molecule has 142 valence electrons. The van der Waals surface area contributed by atoms with Crippen molar-refractivity contribution >= 4 is 29.1 Å². The largest absolute Gasteiger partial charge is 0.469 e. The number of carbonyl (C=O) groups excluding carboxylic acids is 3. The smallest absolute Gasteiger partial charge is 0.307 e. The van der Waals surface area contributed by atoms with Crippen molar-refractivity contribution in [1.82, 2.24) is 15.2 Å². The number of rotatable bonds is 7. The summed E-state index contributed by atoms with van der Waals surface area (Å²) in [5, 5.41) is 14.1. The summed E-state index contributed by atoms with van der Waals surface area (Å²) in [6.45, 7) is -0.362. The van der Waals surface area contributed by atoms with Gasteiger partial charge in [-0.2, -0.15) is 0 Å². The molecule has 8 nitrogen and oxygen atoms in total. The van der Waals surface area contributed by atoms with E-state index in [0.717, 1.165) is 18.5 Å². The van der Waals surface area contributed by atoms with Crippen LogP contribution in [0.15, 0.2) is 10.9 Å². The van der Waals surface area contributed by atoms with Crippen LogP contribution in [0.3, 0.4) is 0 Å². The molecule has 2 saturated heterocycles. The SMILES string of the molecule is COC(=O)CCNC(=O)[C@@]1(Cc2cscn2)C[C@H]2CC[C@@H]1N2C(=O)CO. The summed E-state index contributed by atoms with van der Waals surface area (Å²) in [4.78, 5) is 42.6. The van der Waals surface area contributed by atoms with Crippen LogP contribution in [0.5, 0.6) is 0 Å². The number of aliphatic hydroxyl groups excluding tert-OH is 1. The first-order valence-electron chi connectivity index (χ1n) is 8.66. The quantitative estimate of drug-likeness (QED) is 0.649. The number of amides is 2. The maximum atomic E-state index is 13.1. The molecule has 3 heterocycles. The summed E-state index contributed by atoms with van der Waals surface area (Å²) in [6, 6.07) is -0.295. The number of esters is 1. The van der Waals surface area contributed by atoms with Gasteiger partial charge in [-0.3, -0.25) is 14.4 Å². The first kappa shape index (κ1) is 18.8. The van der Waals surface area contributed by atoms with Gasteiger partial charge in [0.2, 0.25) is 11.8 Å². The number of thiazole rings is 1. The number of nitrogens with zero attached hydrogens (tertiary/aromatic N) is 2. The van der Waals surface area contributed by atoms with Gasteiger partial charge in [0.1, 0.15) is 6.61 Å². The Hall–Kier alpha value is -2.00. The number of hydrogen-bond acceptors (Lipinski definition) is 7. The summed E-state index contributed by atoms with van der Waals surface area (Å²) in [5.74, 6) is -0.888. The molecule has 26 heavy (non-hydrogen) atoms. The van der Waals surface area contributed by atoms with Crippen LogP contribution in [-0.4, -0.2) is 65.1 Å². The lowest BCUT2D eigenvalue weighted by Gasteiger charge is -2.35. The molecule has 2 bridgehead atoms. The highest BCUT2D eigenvalue weighted by Gasteiger charge is 2.61. The van der Waals surface area contributed by atoms with Crippen molar-refractivity contribution < 1.29 is 24.2 Å². The fraction of sp³-hybridized carbons (Fsp3) is 0.647. The Morgan fingerprint density at radius 2 is 2.27 bits per heavy atom. The van der Waals surface area contributed by atoms with Gasteiger partial charge in [0.15, 0.2) is 0 Å². The lowest BCUT2D eigenvalue weighted by atomic mass is 9.70. The monoisotopic (exact) mass is 381 g/mol. The maximum Gasteiger partial charge on any atom is 0.307 e. The molecule has 9 heteroatoms. The molecule has 2 amide bonds. The van der Waals surface area contributed by atoms with Gasteiger partial charge >= 0.3 is 5.97 Å². The molecule has 2 fully saturated rings. The number of hydrogen-bond donors (Lipinski definition) is 2. The number of aliphatic hydroxyl groups is 1. The van der Waals surface area contributed by atoms with E-state index >= 15 is 0 Å². The van der Waals surface area contributed by atoms with Gasteiger partial charge in [0, 0.05) is 30.4 Å². The van der Waals surface area contributed by atoms with Crippen molar-refractivity contribution in [2.24, 2.45) is 5.41 Å². The molecular weight excluding hydrogens is 358 g/mol. The molecule has 1 aromatic rings. The van der Waals surface area contributed by atoms with E-state index in [1.807, 2.05) is 5.38 Å². The molecule has 2 aliphatic heterocycles. The second-order valence-corrected chi connectivity index (χ2v) is 7.52. The fourth-order valence-corrected chi connectivity index (χ4v) is 4.92. The van der Waals surface area contributed by atoms with Gasteiger partial charge in [0.05, 0.1) is 30.2 Å². The van der Waals surface area contributed by atoms with E-state index in [9.17, 15) is 19.5 Å². The molecule has 3 atom stereocenters. The summed E-state index contributed by atoms with van der Waals surface area (Å²) >= 11 is 1.47. The standard InChI is InChI=1S/C17H23N3O5S/c1-25-15(23)4-5-18-16(24)17(6-11-9-26-10-19-11)7-12-2-3-13(17)20(12)14(22)8-21/h9-10,12-13,21H,2-8H2,1H3,(H,18,24)/t12-,13+,17+/m1/s1. The second kappa shape index (κ2) is 7.71. The fourth-order valence-electron chi connectivity index (χ4n) is 4.36.